The average Bonchev–Trinajstić information content (AvgIpc) is 2.66. The molecule has 4 nitrogen and oxygen atoms in total. The maximum absolute atomic E-state index is 11.2. The molecule has 0 saturated heterocycles. The summed E-state index contributed by atoms with van der Waals surface area (Å²) >= 11 is 0. The van der Waals surface area contributed by atoms with Crippen LogP contribution < -0.4 is 0 Å². The molecular weight excluding hydrogens is 206 g/mol. The molecule has 3 rings (SSSR count). The van der Waals surface area contributed by atoms with Crippen molar-refractivity contribution in [1.82, 2.24) is 4.57 Å². The highest BCUT2D eigenvalue weighted by Gasteiger charge is 2.27. The highest BCUT2D eigenvalue weighted by atomic mass is 16.5. The van der Waals surface area contributed by atoms with E-state index in [4.69, 9.17) is 9.84 Å². The minimum absolute atomic E-state index is 0.237. The quantitative estimate of drug-likeness (QED) is 0.792. The van der Waals surface area contributed by atoms with E-state index in [-0.39, 0.29) is 6.61 Å². The molecule has 1 aromatic carbocycles. The first-order valence-corrected chi connectivity index (χ1v) is 5.17. The molecule has 1 N–H and O–H groups in total. The second kappa shape index (κ2) is 3.35. The fourth-order valence-corrected chi connectivity index (χ4v) is 2.24. The normalized spacial score (nSPS) is 19.6. The van der Waals surface area contributed by atoms with Gasteiger partial charge in [0.05, 0.1) is 13.2 Å². The fraction of sp³-hybridized carbons (Fsp3) is 0.250. The summed E-state index contributed by atoms with van der Waals surface area (Å²) in [5.41, 5.74) is 1.90. The molecule has 1 aliphatic rings. The van der Waals surface area contributed by atoms with Crippen LogP contribution in [0.2, 0.25) is 0 Å². The second-order valence-electron chi connectivity index (χ2n) is 3.93. The number of benzene rings is 1. The van der Waals surface area contributed by atoms with E-state index in [0.717, 1.165) is 16.6 Å². The molecule has 0 spiro atoms. The Bertz CT molecular complexity index is 558. The van der Waals surface area contributed by atoms with Gasteiger partial charge < -0.3 is 14.4 Å². The Kier molecular flexibility index (Phi) is 1.97. The first kappa shape index (κ1) is 9.42. The summed E-state index contributed by atoms with van der Waals surface area (Å²) < 4.78 is 7.16. The Morgan fingerprint density at radius 1 is 1.44 bits per heavy atom. The van der Waals surface area contributed by atoms with Crippen molar-refractivity contribution in [2.24, 2.45) is 0 Å². The largest absolute Gasteiger partial charge is 0.480 e. The van der Waals surface area contributed by atoms with Gasteiger partial charge >= 0.3 is 5.97 Å². The van der Waals surface area contributed by atoms with Gasteiger partial charge in [0.25, 0.3) is 0 Å². The third-order valence-electron chi connectivity index (χ3n) is 2.95. The van der Waals surface area contributed by atoms with E-state index in [2.05, 4.69) is 0 Å². The summed E-state index contributed by atoms with van der Waals surface area (Å²) in [5, 5.41) is 10.2. The molecule has 0 amide bonds. The third kappa shape index (κ3) is 1.23. The Morgan fingerprint density at radius 2 is 2.25 bits per heavy atom. The van der Waals surface area contributed by atoms with E-state index >= 15 is 0 Å². The molecule has 0 radical (unpaired) electrons. The highest BCUT2D eigenvalue weighted by Crippen LogP contribution is 2.28. The molecule has 1 aromatic heterocycles. The lowest BCUT2D eigenvalue weighted by Gasteiger charge is -2.23. The summed E-state index contributed by atoms with van der Waals surface area (Å²) in [6, 6.07) is 9.18. The number of aromatic nitrogens is 1. The number of fused-ring (bicyclic) bond motifs is 3. The van der Waals surface area contributed by atoms with Crippen molar-refractivity contribution >= 4 is 16.9 Å². The molecular formula is C12H11NO3. The van der Waals surface area contributed by atoms with Crippen molar-refractivity contribution < 1.29 is 14.6 Å². The molecule has 2 heterocycles. The minimum atomic E-state index is -0.845. The monoisotopic (exact) mass is 217 g/mol. The van der Waals surface area contributed by atoms with Crippen LogP contribution in [0, 0.1) is 0 Å². The molecule has 0 fully saturated rings. The van der Waals surface area contributed by atoms with Gasteiger partial charge in [0.2, 0.25) is 0 Å². The van der Waals surface area contributed by atoms with Gasteiger partial charge in [0.15, 0.2) is 6.04 Å². The molecule has 2 aromatic rings. The number of carboxylic acid groups (broad SMARTS) is 1. The average molecular weight is 217 g/mol. The van der Waals surface area contributed by atoms with Crippen molar-refractivity contribution in [3.05, 3.63) is 36.0 Å². The Balaban J connectivity index is 2.28. The molecule has 0 saturated carbocycles. The summed E-state index contributed by atoms with van der Waals surface area (Å²) in [4.78, 5) is 11.2. The van der Waals surface area contributed by atoms with Crippen LogP contribution in [-0.2, 0) is 16.1 Å². The van der Waals surface area contributed by atoms with Crippen LogP contribution in [0.4, 0.5) is 0 Å². The van der Waals surface area contributed by atoms with E-state index in [1.807, 2.05) is 34.9 Å². The molecule has 1 unspecified atom stereocenters. The molecule has 0 bridgehead atoms. The number of carboxylic acids is 1. The van der Waals surface area contributed by atoms with Gasteiger partial charge in [-0.2, -0.15) is 0 Å². The van der Waals surface area contributed by atoms with Crippen LogP contribution in [0.15, 0.2) is 30.3 Å². The number of para-hydroxylation sites is 1. The maximum atomic E-state index is 11.2. The maximum Gasteiger partial charge on any atom is 0.329 e. The lowest BCUT2D eigenvalue weighted by Crippen LogP contribution is -2.29. The number of rotatable bonds is 1. The van der Waals surface area contributed by atoms with Gasteiger partial charge in [-0.3, -0.25) is 0 Å². The minimum Gasteiger partial charge on any atom is -0.480 e. The number of hydrogen-bond donors (Lipinski definition) is 1. The number of ether oxygens (including phenoxy) is 1. The predicted octanol–water partition coefficient (Wildman–Crippen LogP) is 1.80. The fourth-order valence-electron chi connectivity index (χ4n) is 2.24. The van der Waals surface area contributed by atoms with Crippen LogP contribution in [-0.4, -0.2) is 22.2 Å². The highest BCUT2D eigenvalue weighted by molar-refractivity contribution is 5.84. The molecule has 4 heteroatoms. The summed E-state index contributed by atoms with van der Waals surface area (Å²) in [6.45, 7) is 0.722. The van der Waals surface area contributed by atoms with E-state index in [1.54, 1.807) is 0 Å². The van der Waals surface area contributed by atoms with Gasteiger partial charge in [-0.25, -0.2) is 4.79 Å². The van der Waals surface area contributed by atoms with Crippen molar-refractivity contribution in [3.8, 4) is 0 Å². The molecule has 16 heavy (non-hydrogen) atoms. The van der Waals surface area contributed by atoms with Gasteiger partial charge in [-0.1, -0.05) is 18.2 Å². The Morgan fingerprint density at radius 3 is 3.06 bits per heavy atom. The van der Waals surface area contributed by atoms with E-state index in [1.165, 1.54) is 0 Å². The number of aliphatic carboxylic acids is 1. The predicted molar refractivity (Wildman–Crippen MR) is 58.3 cm³/mol. The van der Waals surface area contributed by atoms with E-state index < -0.39 is 12.0 Å². The van der Waals surface area contributed by atoms with Crippen molar-refractivity contribution in [2.45, 2.75) is 12.6 Å². The zero-order chi connectivity index (χ0) is 11.1. The van der Waals surface area contributed by atoms with Crippen molar-refractivity contribution in [3.63, 3.8) is 0 Å². The standard InChI is InChI=1S/C12H11NO3/c14-12(15)11-7-16-6-9-5-8-3-1-2-4-10(8)13(9)11/h1-5,11H,6-7H2,(H,14,15). The lowest BCUT2D eigenvalue weighted by molar-refractivity contribution is -0.144. The van der Waals surface area contributed by atoms with Crippen LogP contribution in [0.1, 0.15) is 11.7 Å². The van der Waals surface area contributed by atoms with Crippen molar-refractivity contribution in [1.29, 1.82) is 0 Å². The smallest absolute Gasteiger partial charge is 0.329 e. The van der Waals surface area contributed by atoms with Crippen molar-refractivity contribution in [2.75, 3.05) is 6.61 Å². The summed E-state index contributed by atoms with van der Waals surface area (Å²) in [7, 11) is 0. The van der Waals surface area contributed by atoms with E-state index in [9.17, 15) is 4.79 Å². The SMILES string of the molecule is O=C(O)C1COCc2cc3ccccc3n21. The van der Waals surface area contributed by atoms with Gasteiger partial charge in [0, 0.05) is 11.2 Å². The van der Waals surface area contributed by atoms with Crippen LogP contribution in [0.3, 0.4) is 0 Å². The van der Waals surface area contributed by atoms with Crippen LogP contribution in [0.5, 0.6) is 0 Å². The third-order valence-corrected chi connectivity index (χ3v) is 2.95. The first-order valence-electron chi connectivity index (χ1n) is 5.17. The summed E-state index contributed by atoms with van der Waals surface area (Å²) in [6.07, 6.45) is 0. The Hall–Kier alpha value is -1.81. The zero-order valence-corrected chi connectivity index (χ0v) is 8.59. The lowest BCUT2D eigenvalue weighted by atomic mass is 10.2. The zero-order valence-electron chi connectivity index (χ0n) is 8.59. The topological polar surface area (TPSA) is 51.5 Å². The molecule has 1 aliphatic heterocycles. The number of nitrogens with zero attached hydrogens (tertiary/aromatic N) is 1. The molecule has 1 atom stereocenters. The van der Waals surface area contributed by atoms with Gasteiger partial charge in [0.1, 0.15) is 0 Å². The second-order valence-corrected chi connectivity index (χ2v) is 3.93. The van der Waals surface area contributed by atoms with Gasteiger partial charge in [-0.05, 0) is 17.5 Å². The molecule has 0 aliphatic carbocycles. The van der Waals surface area contributed by atoms with Gasteiger partial charge in [-0.15, -0.1) is 0 Å². The Labute approximate surface area is 92.1 Å². The summed E-state index contributed by atoms with van der Waals surface area (Å²) in [5.74, 6) is -0.845. The number of hydrogen-bond acceptors (Lipinski definition) is 2. The first-order chi connectivity index (χ1) is 7.77. The van der Waals surface area contributed by atoms with Crippen LogP contribution >= 0.6 is 0 Å². The van der Waals surface area contributed by atoms with E-state index in [0.29, 0.717) is 6.61 Å². The molecule has 82 valence electrons. The number of carbonyl (C=O) groups is 1. The van der Waals surface area contributed by atoms with Crippen LogP contribution in [0.25, 0.3) is 10.9 Å².